The fraction of sp³-hybridized carbons (Fsp3) is 0.769. The summed E-state index contributed by atoms with van der Waals surface area (Å²) < 4.78 is 0. The monoisotopic (exact) mass is 249 g/mol. The number of anilines is 2. The van der Waals surface area contributed by atoms with Crippen molar-refractivity contribution < 1.29 is 0 Å². The molecule has 0 aromatic carbocycles. The van der Waals surface area contributed by atoms with E-state index in [1.807, 2.05) is 0 Å². The fourth-order valence-corrected chi connectivity index (χ4v) is 2.21. The third-order valence-corrected chi connectivity index (χ3v) is 3.50. The van der Waals surface area contributed by atoms with Gasteiger partial charge in [0.05, 0.1) is 6.20 Å². The Kier molecular flexibility index (Phi) is 4.73. The van der Waals surface area contributed by atoms with E-state index in [-0.39, 0.29) is 0 Å². The predicted octanol–water partition coefficient (Wildman–Crippen LogP) is 2.83. The van der Waals surface area contributed by atoms with Crippen molar-refractivity contribution in [3.63, 3.8) is 0 Å². The van der Waals surface area contributed by atoms with E-state index in [9.17, 15) is 0 Å². The van der Waals surface area contributed by atoms with E-state index in [4.69, 9.17) is 0 Å². The predicted molar refractivity (Wildman–Crippen MR) is 73.7 cm³/mol. The molecule has 1 aromatic heterocycles. The summed E-state index contributed by atoms with van der Waals surface area (Å²) in [5, 5.41) is 14.7. The van der Waals surface area contributed by atoms with Gasteiger partial charge in [0.15, 0.2) is 5.82 Å². The molecule has 0 radical (unpaired) electrons. The van der Waals surface area contributed by atoms with E-state index >= 15 is 0 Å². The van der Waals surface area contributed by atoms with Gasteiger partial charge in [-0.3, -0.25) is 0 Å². The van der Waals surface area contributed by atoms with Crippen LogP contribution < -0.4 is 10.6 Å². The highest BCUT2D eigenvalue weighted by molar-refractivity contribution is 5.38. The zero-order valence-corrected chi connectivity index (χ0v) is 11.3. The zero-order chi connectivity index (χ0) is 12.8. The van der Waals surface area contributed by atoms with Crippen LogP contribution >= 0.6 is 0 Å². The highest BCUT2D eigenvalue weighted by atomic mass is 15.3. The molecule has 100 valence electrons. The lowest BCUT2D eigenvalue weighted by Crippen LogP contribution is -2.23. The number of nitrogens with zero attached hydrogens (tertiary/aromatic N) is 3. The van der Waals surface area contributed by atoms with Gasteiger partial charge in [-0.1, -0.05) is 26.2 Å². The van der Waals surface area contributed by atoms with Crippen molar-refractivity contribution in [1.82, 2.24) is 15.2 Å². The highest BCUT2D eigenvalue weighted by Gasteiger charge is 2.14. The number of nitrogens with one attached hydrogen (secondary N) is 2. The minimum atomic E-state index is 0.372. The molecule has 1 heterocycles. The van der Waals surface area contributed by atoms with Crippen molar-refractivity contribution in [3.8, 4) is 0 Å². The summed E-state index contributed by atoms with van der Waals surface area (Å²) in [7, 11) is 0. The lowest BCUT2D eigenvalue weighted by atomic mass is 9.96. The first kappa shape index (κ1) is 13.1. The normalized spacial score (nSPS) is 18.3. The highest BCUT2D eigenvalue weighted by Crippen LogP contribution is 2.20. The average molecular weight is 249 g/mol. The Bertz CT molecular complexity index is 362. The van der Waals surface area contributed by atoms with Gasteiger partial charge in [0.2, 0.25) is 5.95 Å². The smallest absolute Gasteiger partial charge is 0.244 e. The van der Waals surface area contributed by atoms with E-state index in [2.05, 4.69) is 39.7 Å². The summed E-state index contributed by atoms with van der Waals surface area (Å²) in [6, 6.07) is 0.920. The van der Waals surface area contributed by atoms with Crippen LogP contribution in [0.25, 0.3) is 0 Å². The van der Waals surface area contributed by atoms with Crippen molar-refractivity contribution >= 4 is 11.8 Å². The van der Waals surface area contributed by atoms with Crippen LogP contribution in [0, 0.1) is 0 Å². The Morgan fingerprint density at radius 1 is 1.33 bits per heavy atom. The minimum absolute atomic E-state index is 0.372. The second-order valence-electron chi connectivity index (χ2n) is 5.10. The molecule has 5 heteroatoms. The SMILES string of the molecule is CCC(C)Nc1nncc(NC2CCCCC2)n1. The molecule has 1 aliphatic rings. The second-order valence-corrected chi connectivity index (χ2v) is 5.10. The van der Waals surface area contributed by atoms with Crippen molar-refractivity contribution in [2.45, 2.75) is 64.5 Å². The molecule has 18 heavy (non-hydrogen) atoms. The molecule has 1 aliphatic carbocycles. The van der Waals surface area contributed by atoms with Gasteiger partial charge in [-0.25, -0.2) is 0 Å². The van der Waals surface area contributed by atoms with Gasteiger partial charge in [-0.15, -0.1) is 5.10 Å². The maximum absolute atomic E-state index is 4.46. The maximum Gasteiger partial charge on any atom is 0.244 e. The Hall–Kier alpha value is -1.39. The summed E-state index contributed by atoms with van der Waals surface area (Å²) in [6.45, 7) is 4.25. The van der Waals surface area contributed by atoms with Crippen LogP contribution in [0.1, 0.15) is 52.4 Å². The summed E-state index contributed by atoms with van der Waals surface area (Å²) in [5.74, 6) is 1.45. The van der Waals surface area contributed by atoms with E-state index in [0.29, 0.717) is 18.0 Å². The Morgan fingerprint density at radius 2 is 2.11 bits per heavy atom. The molecule has 1 unspecified atom stereocenters. The molecular formula is C13H23N5. The molecule has 0 saturated heterocycles. The summed E-state index contributed by atoms with van der Waals surface area (Å²) in [4.78, 5) is 4.46. The van der Waals surface area contributed by atoms with Gasteiger partial charge in [0.1, 0.15) is 0 Å². The third-order valence-electron chi connectivity index (χ3n) is 3.50. The summed E-state index contributed by atoms with van der Waals surface area (Å²) >= 11 is 0. The number of hydrogen-bond donors (Lipinski definition) is 2. The van der Waals surface area contributed by atoms with Gasteiger partial charge >= 0.3 is 0 Å². The van der Waals surface area contributed by atoms with Crippen LogP contribution in [0.15, 0.2) is 6.20 Å². The molecule has 0 amide bonds. The van der Waals surface area contributed by atoms with Gasteiger partial charge in [-0.2, -0.15) is 10.1 Å². The van der Waals surface area contributed by atoms with Crippen LogP contribution in [0.4, 0.5) is 11.8 Å². The van der Waals surface area contributed by atoms with E-state index < -0.39 is 0 Å². The molecule has 1 saturated carbocycles. The van der Waals surface area contributed by atoms with E-state index in [1.165, 1.54) is 32.1 Å². The summed E-state index contributed by atoms with van der Waals surface area (Å²) in [5.41, 5.74) is 0. The average Bonchev–Trinajstić information content (AvgIpc) is 2.40. The van der Waals surface area contributed by atoms with Crippen molar-refractivity contribution in [2.75, 3.05) is 10.6 Å². The topological polar surface area (TPSA) is 62.7 Å². The van der Waals surface area contributed by atoms with Gasteiger partial charge in [0.25, 0.3) is 0 Å². The first-order chi connectivity index (χ1) is 8.78. The molecule has 5 nitrogen and oxygen atoms in total. The molecule has 2 N–H and O–H groups in total. The minimum Gasteiger partial charge on any atom is -0.366 e. The standard InChI is InChI=1S/C13H23N5/c1-3-10(2)15-13-17-12(9-14-18-13)16-11-7-5-4-6-8-11/h9-11H,3-8H2,1-2H3,(H2,15,16,17,18). The molecule has 0 spiro atoms. The van der Waals surface area contributed by atoms with Crippen LogP contribution in [0.2, 0.25) is 0 Å². The first-order valence-electron chi connectivity index (χ1n) is 7.00. The fourth-order valence-electron chi connectivity index (χ4n) is 2.21. The van der Waals surface area contributed by atoms with Gasteiger partial charge in [-0.05, 0) is 26.2 Å². The van der Waals surface area contributed by atoms with E-state index in [0.717, 1.165) is 12.2 Å². The quantitative estimate of drug-likeness (QED) is 0.840. The lowest BCUT2D eigenvalue weighted by Gasteiger charge is -2.23. The van der Waals surface area contributed by atoms with E-state index in [1.54, 1.807) is 6.20 Å². The molecule has 1 aromatic rings. The molecule has 2 rings (SSSR count). The van der Waals surface area contributed by atoms with Crippen molar-refractivity contribution in [3.05, 3.63) is 6.20 Å². The molecule has 0 bridgehead atoms. The van der Waals surface area contributed by atoms with Crippen molar-refractivity contribution in [1.29, 1.82) is 0 Å². The largest absolute Gasteiger partial charge is 0.366 e. The zero-order valence-electron chi connectivity index (χ0n) is 11.3. The molecular weight excluding hydrogens is 226 g/mol. The Labute approximate surface area is 109 Å². The van der Waals surface area contributed by atoms with Crippen LogP contribution in [-0.2, 0) is 0 Å². The molecule has 1 atom stereocenters. The molecule has 1 fully saturated rings. The maximum atomic E-state index is 4.46. The second kappa shape index (κ2) is 6.52. The van der Waals surface area contributed by atoms with Gasteiger partial charge < -0.3 is 10.6 Å². The van der Waals surface area contributed by atoms with Crippen molar-refractivity contribution in [2.24, 2.45) is 0 Å². The molecule has 0 aliphatic heterocycles. The van der Waals surface area contributed by atoms with Crippen LogP contribution in [-0.4, -0.2) is 27.3 Å². The third kappa shape index (κ3) is 3.82. The number of aromatic nitrogens is 3. The number of rotatable bonds is 5. The Morgan fingerprint density at radius 3 is 2.83 bits per heavy atom. The lowest BCUT2D eigenvalue weighted by molar-refractivity contribution is 0.461. The van der Waals surface area contributed by atoms with Crippen LogP contribution in [0.5, 0.6) is 0 Å². The number of hydrogen-bond acceptors (Lipinski definition) is 5. The summed E-state index contributed by atoms with van der Waals surface area (Å²) in [6.07, 6.45) is 9.21. The Balaban J connectivity index is 1.93. The first-order valence-corrected chi connectivity index (χ1v) is 7.00. The van der Waals surface area contributed by atoms with Gasteiger partial charge in [0, 0.05) is 12.1 Å². The van der Waals surface area contributed by atoms with Crippen LogP contribution in [0.3, 0.4) is 0 Å².